The van der Waals surface area contributed by atoms with Crippen LogP contribution in [0.15, 0.2) is 53.2 Å². The van der Waals surface area contributed by atoms with Crippen molar-refractivity contribution in [3.63, 3.8) is 0 Å². The molecule has 7 heteroatoms. The highest BCUT2D eigenvalue weighted by atomic mass is 35.5. The Bertz CT molecular complexity index is 925. The first-order chi connectivity index (χ1) is 12.4. The van der Waals surface area contributed by atoms with Gasteiger partial charge in [-0.1, -0.05) is 41.4 Å². The topological polar surface area (TPSA) is 58.6 Å². The first-order valence-corrected chi connectivity index (χ1v) is 8.73. The van der Waals surface area contributed by atoms with Crippen LogP contribution in [-0.2, 0) is 9.59 Å². The van der Waals surface area contributed by atoms with Crippen molar-refractivity contribution in [2.45, 2.75) is 13.8 Å². The molecule has 1 aliphatic heterocycles. The largest absolute Gasteiger partial charge is 0.492 e. The number of carbonyl (C=O) groups excluding carboxylic acids is 2. The number of carbonyl (C=O) groups is 2. The predicted molar refractivity (Wildman–Crippen MR) is 103 cm³/mol. The minimum Gasteiger partial charge on any atom is -0.492 e. The van der Waals surface area contributed by atoms with Crippen LogP contribution in [0.2, 0.25) is 5.02 Å². The van der Waals surface area contributed by atoms with Gasteiger partial charge in [0.25, 0.3) is 11.8 Å². The lowest BCUT2D eigenvalue weighted by Gasteiger charge is -2.18. The summed E-state index contributed by atoms with van der Waals surface area (Å²) in [5.41, 5.74) is 1.82. The number of aryl methyl sites for hydroxylation is 1. The van der Waals surface area contributed by atoms with E-state index in [2.05, 4.69) is 5.32 Å². The van der Waals surface area contributed by atoms with Crippen LogP contribution < -0.4 is 15.0 Å². The second-order valence-corrected chi connectivity index (χ2v) is 6.41. The van der Waals surface area contributed by atoms with Crippen LogP contribution in [0.5, 0.6) is 5.75 Å². The molecule has 26 heavy (non-hydrogen) atoms. The maximum atomic E-state index is 12.9. The third kappa shape index (κ3) is 3.28. The number of anilines is 2. The van der Waals surface area contributed by atoms with Crippen molar-refractivity contribution in [1.29, 1.82) is 0 Å². The summed E-state index contributed by atoms with van der Waals surface area (Å²) >= 11 is 12.3. The smallest absolute Gasteiger partial charge is 0.283 e. The molecule has 134 valence electrons. The monoisotopic (exact) mass is 390 g/mol. The van der Waals surface area contributed by atoms with Gasteiger partial charge < -0.3 is 10.1 Å². The van der Waals surface area contributed by atoms with Gasteiger partial charge in [-0.15, -0.1) is 0 Å². The number of hydrogen-bond donors (Lipinski definition) is 1. The summed E-state index contributed by atoms with van der Waals surface area (Å²) in [7, 11) is 0. The zero-order valence-electron chi connectivity index (χ0n) is 14.2. The van der Waals surface area contributed by atoms with Crippen LogP contribution in [0.25, 0.3) is 0 Å². The van der Waals surface area contributed by atoms with E-state index in [1.165, 1.54) is 0 Å². The zero-order valence-corrected chi connectivity index (χ0v) is 15.7. The molecule has 1 aliphatic rings. The van der Waals surface area contributed by atoms with Crippen molar-refractivity contribution in [2.75, 3.05) is 16.8 Å². The van der Waals surface area contributed by atoms with Gasteiger partial charge in [-0.2, -0.15) is 0 Å². The molecule has 0 radical (unpaired) electrons. The van der Waals surface area contributed by atoms with Gasteiger partial charge in [-0.3, -0.25) is 9.59 Å². The first kappa shape index (κ1) is 18.3. The Balaban J connectivity index is 1.94. The Kier molecular flexibility index (Phi) is 5.20. The van der Waals surface area contributed by atoms with Crippen molar-refractivity contribution in [3.8, 4) is 5.75 Å². The summed E-state index contributed by atoms with van der Waals surface area (Å²) in [6, 6.07) is 12.0. The van der Waals surface area contributed by atoms with Crippen molar-refractivity contribution >= 4 is 46.4 Å². The summed E-state index contributed by atoms with van der Waals surface area (Å²) in [6.45, 7) is 4.10. The molecule has 0 saturated heterocycles. The number of nitrogens with one attached hydrogen (secondary N) is 1. The van der Waals surface area contributed by atoms with Crippen LogP contribution in [0, 0.1) is 6.92 Å². The molecule has 2 aromatic rings. The molecule has 3 rings (SSSR count). The molecule has 0 aliphatic carbocycles. The number of rotatable bonds is 5. The average molecular weight is 391 g/mol. The number of para-hydroxylation sites is 2. The Labute approximate surface area is 161 Å². The summed E-state index contributed by atoms with van der Waals surface area (Å²) in [6.07, 6.45) is 0. The molecule has 2 amide bonds. The van der Waals surface area contributed by atoms with E-state index in [9.17, 15) is 9.59 Å². The van der Waals surface area contributed by atoms with Gasteiger partial charge in [0.1, 0.15) is 16.5 Å². The van der Waals surface area contributed by atoms with Crippen LogP contribution in [0.3, 0.4) is 0 Å². The fourth-order valence-electron chi connectivity index (χ4n) is 2.56. The van der Waals surface area contributed by atoms with E-state index in [0.29, 0.717) is 28.8 Å². The summed E-state index contributed by atoms with van der Waals surface area (Å²) < 4.78 is 5.52. The third-order valence-electron chi connectivity index (χ3n) is 3.87. The van der Waals surface area contributed by atoms with Crippen LogP contribution in [-0.4, -0.2) is 18.4 Å². The Morgan fingerprint density at radius 3 is 2.50 bits per heavy atom. The lowest BCUT2D eigenvalue weighted by molar-refractivity contribution is -0.120. The molecular weight excluding hydrogens is 375 g/mol. The van der Waals surface area contributed by atoms with Crippen LogP contribution in [0.4, 0.5) is 11.4 Å². The van der Waals surface area contributed by atoms with Crippen molar-refractivity contribution in [1.82, 2.24) is 0 Å². The van der Waals surface area contributed by atoms with Gasteiger partial charge in [0.05, 0.1) is 12.3 Å². The van der Waals surface area contributed by atoms with E-state index in [0.717, 1.165) is 10.5 Å². The normalized spacial score (nSPS) is 14.2. The van der Waals surface area contributed by atoms with E-state index in [1.54, 1.807) is 36.4 Å². The highest BCUT2D eigenvalue weighted by Gasteiger charge is 2.40. The van der Waals surface area contributed by atoms with Crippen molar-refractivity contribution < 1.29 is 14.3 Å². The molecule has 0 saturated carbocycles. The maximum absolute atomic E-state index is 12.9. The Hall–Kier alpha value is -2.50. The number of ether oxygens (including phenoxy) is 1. The first-order valence-electron chi connectivity index (χ1n) is 7.97. The third-order valence-corrected chi connectivity index (χ3v) is 4.63. The van der Waals surface area contributed by atoms with E-state index < -0.39 is 11.8 Å². The molecule has 2 aromatic carbocycles. The highest BCUT2D eigenvalue weighted by molar-refractivity contribution is 6.53. The SMILES string of the molecule is CCOc1ccccc1N1C(=O)C(Cl)=C(Nc2ccc(C)c(Cl)c2)C1=O. The zero-order chi connectivity index (χ0) is 18.8. The summed E-state index contributed by atoms with van der Waals surface area (Å²) in [4.78, 5) is 26.4. The molecule has 5 nitrogen and oxygen atoms in total. The quantitative estimate of drug-likeness (QED) is 0.764. The molecule has 0 fully saturated rings. The minimum atomic E-state index is -0.607. The maximum Gasteiger partial charge on any atom is 0.283 e. The van der Waals surface area contributed by atoms with Gasteiger partial charge in [0.2, 0.25) is 0 Å². The summed E-state index contributed by atoms with van der Waals surface area (Å²) in [5.74, 6) is -0.728. The van der Waals surface area contributed by atoms with Gasteiger partial charge in [0, 0.05) is 10.7 Å². The number of imide groups is 1. The van der Waals surface area contributed by atoms with Gasteiger partial charge in [0.15, 0.2) is 0 Å². The van der Waals surface area contributed by atoms with E-state index in [4.69, 9.17) is 27.9 Å². The second-order valence-electron chi connectivity index (χ2n) is 5.62. The standard InChI is InChI=1S/C19H16Cl2N2O3/c1-3-26-15-7-5-4-6-14(15)23-18(24)16(21)17(19(23)25)22-12-9-8-11(2)13(20)10-12/h4-10,22H,3H2,1-2H3. The van der Waals surface area contributed by atoms with Crippen molar-refractivity contribution in [3.05, 3.63) is 63.8 Å². The average Bonchev–Trinajstić information content (AvgIpc) is 2.83. The molecule has 0 atom stereocenters. The van der Waals surface area contributed by atoms with Gasteiger partial charge in [-0.25, -0.2) is 4.90 Å². The molecule has 1 N–H and O–H groups in total. The number of amides is 2. The summed E-state index contributed by atoms with van der Waals surface area (Å²) in [5, 5.41) is 3.26. The number of hydrogen-bond acceptors (Lipinski definition) is 4. The lowest BCUT2D eigenvalue weighted by Crippen LogP contribution is -2.32. The van der Waals surface area contributed by atoms with E-state index in [-0.39, 0.29) is 10.7 Å². The van der Waals surface area contributed by atoms with Crippen LogP contribution >= 0.6 is 23.2 Å². The molecule has 1 heterocycles. The molecule has 0 unspecified atom stereocenters. The molecular formula is C19H16Cl2N2O3. The minimum absolute atomic E-state index is 0.00267. The van der Waals surface area contributed by atoms with Gasteiger partial charge >= 0.3 is 0 Å². The molecule has 0 bridgehead atoms. The fraction of sp³-hybridized carbons (Fsp3) is 0.158. The van der Waals surface area contributed by atoms with Crippen molar-refractivity contribution in [2.24, 2.45) is 0 Å². The second kappa shape index (κ2) is 7.40. The Morgan fingerprint density at radius 1 is 1.08 bits per heavy atom. The number of nitrogens with zero attached hydrogens (tertiary/aromatic N) is 1. The van der Waals surface area contributed by atoms with Crippen LogP contribution in [0.1, 0.15) is 12.5 Å². The van der Waals surface area contributed by atoms with E-state index >= 15 is 0 Å². The van der Waals surface area contributed by atoms with Gasteiger partial charge in [-0.05, 0) is 43.7 Å². The lowest BCUT2D eigenvalue weighted by atomic mass is 10.2. The fourth-order valence-corrected chi connectivity index (χ4v) is 2.96. The Morgan fingerprint density at radius 2 is 1.81 bits per heavy atom. The van der Waals surface area contributed by atoms with E-state index in [1.807, 2.05) is 19.9 Å². The number of halogens is 2. The molecule has 0 aromatic heterocycles. The molecule has 0 spiro atoms. The predicted octanol–water partition coefficient (Wildman–Crippen LogP) is 4.48. The highest BCUT2D eigenvalue weighted by Crippen LogP contribution is 2.35. The number of benzene rings is 2.